The van der Waals surface area contributed by atoms with Gasteiger partial charge in [-0.1, -0.05) is 19.3 Å². The van der Waals surface area contributed by atoms with Gasteiger partial charge in [0.1, 0.15) is 11.3 Å². The van der Waals surface area contributed by atoms with Gasteiger partial charge in [-0.2, -0.15) is 0 Å². The van der Waals surface area contributed by atoms with Gasteiger partial charge in [0.15, 0.2) is 6.61 Å². The summed E-state index contributed by atoms with van der Waals surface area (Å²) in [6, 6.07) is 4.10. The number of esters is 1. The summed E-state index contributed by atoms with van der Waals surface area (Å²) >= 11 is 0. The van der Waals surface area contributed by atoms with Crippen LogP contribution in [0, 0.1) is 0 Å². The van der Waals surface area contributed by atoms with Crippen LogP contribution in [-0.4, -0.2) is 35.7 Å². The Morgan fingerprint density at radius 3 is 2.74 bits per heavy atom. The highest BCUT2D eigenvalue weighted by Gasteiger charge is 2.18. The lowest BCUT2D eigenvalue weighted by Gasteiger charge is -2.22. The van der Waals surface area contributed by atoms with Crippen molar-refractivity contribution in [3.63, 3.8) is 0 Å². The van der Waals surface area contributed by atoms with Crippen LogP contribution in [0.2, 0.25) is 0 Å². The van der Waals surface area contributed by atoms with E-state index in [-0.39, 0.29) is 18.2 Å². The fraction of sp³-hybridized carbons (Fsp3) is 0.421. The molecule has 0 radical (unpaired) electrons. The fourth-order valence-corrected chi connectivity index (χ4v) is 3.19. The number of aromatic hydroxyl groups is 1. The number of urea groups is 1. The Morgan fingerprint density at radius 1 is 1.19 bits per heavy atom. The summed E-state index contributed by atoms with van der Waals surface area (Å²) in [5, 5.41) is 15.0. The molecule has 1 aliphatic carbocycles. The van der Waals surface area contributed by atoms with Crippen molar-refractivity contribution in [2.24, 2.45) is 0 Å². The number of carbonyl (C=O) groups excluding carboxylic acids is 3. The summed E-state index contributed by atoms with van der Waals surface area (Å²) in [7, 11) is 0. The summed E-state index contributed by atoms with van der Waals surface area (Å²) < 4.78 is 10.2. The van der Waals surface area contributed by atoms with Gasteiger partial charge in [-0.3, -0.25) is 14.9 Å². The smallest absolute Gasteiger partial charge is 0.321 e. The third-order valence-corrected chi connectivity index (χ3v) is 4.53. The van der Waals surface area contributed by atoms with Crippen LogP contribution in [0.1, 0.15) is 37.7 Å². The molecule has 0 saturated heterocycles. The predicted molar refractivity (Wildman–Crippen MR) is 96.1 cm³/mol. The van der Waals surface area contributed by atoms with Gasteiger partial charge in [0, 0.05) is 23.1 Å². The Hall–Kier alpha value is -3.03. The Balaban J connectivity index is 1.42. The molecule has 0 spiro atoms. The van der Waals surface area contributed by atoms with Crippen molar-refractivity contribution < 1.29 is 28.6 Å². The number of imide groups is 1. The first kappa shape index (κ1) is 18.8. The zero-order valence-electron chi connectivity index (χ0n) is 14.8. The standard InChI is InChI=1S/C19H22N2O6/c22-14-6-7-15-12(10-26-16(15)9-14)8-18(24)27-11-17(23)21-19(25)20-13-4-2-1-3-5-13/h6-7,9-10,13,22H,1-5,8,11H2,(H2,20,21,23,25). The Kier molecular flexibility index (Phi) is 5.95. The van der Waals surface area contributed by atoms with E-state index < -0.39 is 24.5 Å². The number of furan rings is 1. The van der Waals surface area contributed by atoms with Crippen LogP contribution in [0.5, 0.6) is 5.75 Å². The van der Waals surface area contributed by atoms with E-state index in [1.54, 1.807) is 6.07 Å². The highest BCUT2D eigenvalue weighted by molar-refractivity contribution is 5.96. The largest absolute Gasteiger partial charge is 0.508 e. The van der Waals surface area contributed by atoms with Crippen molar-refractivity contribution >= 4 is 28.9 Å². The lowest BCUT2D eigenvalue weighted by molar-refractivity contribution is -0.147. The molecule has 0 atom stereocenters. The minimum atomic E-state index is -0.682. The molecule has 1 heterocycles. The van der Waals surface area contributed by atoms with Gasteiger partial charge in [0.2, 0.25) is 0 Å². The molecule has 1 aromatic heterocycles. The van der Waals surface area contributed by atoms with Crippen molar-refractivity contribution in [1.29, 1.82) is 0 Å². The maximum atomic E-state index is 11.9. The van der Waals surface area contributed by atoms with Crippen molar-refractivity contribution in [3.05, 3.63) is 30.0 Å². The Bertz CT molecular complexity index is 838. The molecule has 1 aliphatic rings. The molecule has 2 aromatic rings. The maximum Gasteiger partial charge on any atom is 0.321 e. The van der Waals surface area contributed by atoms with E-state index >= 15 is 0 Å². The molecule has 3 rings (SSSR count). The number of amides is 3. The van der Waals surface area contributed by atoms with Crippen LogP contribution < -0.4 is 10.6 Å². The first-order valence-electron chi connectivity index (χ1n) is 8.96. The number of fused-ring (bicyclic) bond motifs is 1. The summed E-state index contributed by atoms with van der Waals surface area (Å²) in [4.78, 5) is 35.5. The number of ether oxygens (including phenoxy) is 1. The second kappa shape index (κ2) is 8.57. The van der Waals surface area contributed by atoms with Crippen LogP contribution in [-0.2, 0) is 20.7 Å². The molecular formula is C19H22N2O6. The second-order valence-electron chi connectivity index (χ2n) is 6.64. The number of carbonyl (C=O) groups is 3. The van der Waals surface area contributed by atoms with Crippen LogP contribution in [0.4, 0.5) is 4.79 Å². The number of hydrogen-bond acceptors (Lipinski definition) is 6. The van der Waals surface area contributed by atoms with E-state index in [1.165, 1.54) is 24.8 Å². The molecule has 144 valence electrons. The molecule has 0 unspecified atom stereocenters. The van der Waals surface area contributed by atoms with Crippen molar-refractivity contribution in [3.8, 4) is 5.75 Å². The van der Waals surface area contributed by atoms with Crippen molar-refractivity contribution in [2.45, 2.75) is 44.6 Å². The monoisotopic (exact) mass is 374 g/mol. The first-order valence-corrected chi connectivity index (χ1v) is 8.96. The SMILES string of the molecule is O=C(COC(=O)Cc1coc2cc(O)ccc12)NC(=O)NC1CCCCC1. The molecule has 1 fully saturated rings. The Labute approximate surface area is 155 Å². The third kappa shape index (κ3) is 5.22. The van der Waals surface area contributed by atoms with E-state index in [9.17, 15) is 19.5 Å². The molecule has 8 nitrogen and oxygen atoms in total. The van der Waals surface area contributed by atoms with Gasteiger partial charge >= 0.3 is 12.0 Å². The van der Waals surface area contributed by atoms with Crippen LogP contribution in [0.25, 0.3) is 11.0 Å². The van der Waals surface area contributed by atoms with Crippen LogP contribution in [0.3, 0.4) is 0 Å². The van der Waals surface area contributed by atoms with E-state index in [2.05, 4.69) is 10.6 Å². The zero-order valence-corrected chi connectivity index (χ0v) is 14.8. The fourth-order valence-electron chi connectivity index (χ4n) is 3.19. The number of phenolic OH excluding ortho intramolecular Hbond substituents is 1. The van der Waals surface area contributed by atoms with Crippen LogP contribution in [0.15, 0.2) is 28.9 Å². The molecule has 3 N–H and O–H groups in total. The summed E-state index contributed by atoms with van der Waals surface area (Å²) in [5.41, 5.74) is 1.04. The molecule has 1 saturated carbocycles. The van der Waals surface area contributed by atoms with E-state index in [1.807, 2.05) is 0 Å². The summed E-state index contributed by atoms with van der Waals surface area (Å²) in [6.45, 7) is -0.534. The van der Waals surface area contributed by atoms with E-state index in [4.69, 9.17) is 9.15 Å². The number of phenols is 1. The summed E-state index contributed by atoms with van der Waals surface area (Å²) in [6.07, 6.45) is 6.45. The Morgan fingerprint density at radius 2 is 1.96 bits per heavy atom. The van der Waals surface area contributed by atoms with Crippen LogP contribution >= 0.6 is 0 Å². The molecule has 3 amide bonds. The molecule has 27 heavy (non-hydrogen) atoms. The number of nitrogens with one attached hydrogen (secondary N) is 2. The highest BCUT2D eigenvalue weighted by Crippen LogP contribution is 2.25. The second-order valence-corrected chi connectivity index (χ2v) is 6.64. The number of benzene rings is 1. The lowest BCUT2D eigenvalue weighted by atomic mass is 9.96. The molecule has 8 heteroatoms. The average molecular weight is 374 g/mol. The van der Waals surface area contributed by atoms with Gasteiger partial charge in [0.05, 0.1) is 12.7 Å². The molecular weight excluding hydrogens is 352 g/mol. The van der Waals surface area contributed by atoms with Gasteiger partial charge in [0.25, 0.3) is 5.91 Å². The maximum absolute atomic E-state index is 11.9. The van der Waals surface area contributed by atoms with E-state index in [0.29, 0.717) is 16.5 Å². The van der Waals surface area contributed by atoms with Gasteiger partial charge in [-0.25, -0.2) is 4.79 Å². The van der Waals surface area contributed by atoms with E-state index in [0.717, 1.165) is 25.7 Å². The zero-order chi connectivity index (χ0) is 19.2. The van der Waals surface area contributed by atoms with Gasteiger partial charge in [-0.05, 0) is 25.0 Å². The molecule has 1 aromatic carbocycles. The summed E-state index contributed by atoms with van der Waals surface area (Å²) in [5.74, 6) is -1.23. The molecule has 0 bridgehead atoms. The average Bonchev–Trinajstić information content (AvgIpc) is 3.02. The molecule has 0 aliphatic heterocycles. The predicted octanol–water partition coefficient (Wildman–Crippen LogP) is 2.38. The topological polar surface area (TPSA) is 118 Å². The minimum absolute atomic E-state index is 0.0640. The normalized spacial score (nSPS) is 14.7. The number of rotatable bonds is 5. The van der Waals surface area contributed by atoms with Crippen molar-refractivity contribution in [2.75, 3.05) is 6.61 Å². The quantitative estimate of drug-likeness (QED) is 0.692. The van der Waals surface area contributed by atoms with Gasteiger partial charge < -0.3 is 19.6 Å². The first-order chi connectivity index (χ1) is 13.0. The minimum Gasteiger partial charge on any atom is -0.508 e. The number of hydrogen-bond donors (Lipinski definition) is 3. The van der Waals surface area contributed by atoms with Crippen molar-refractivity contribution in [1.82, 2.24) is 10.6 Å². The lowest BCUT2D eigenvalue weighted by Crippen LogP contribution is -2.46. The van der Waals surface area contributed by atoms with Gasteiger partial charge in [-0.15, -0.1) is 0 Å². The highest BCUT2D eigenvalue weighted by atomic mass is 16.5. The third-order valence-electron chi connectivity index (χ3n) is 4.53.